The molecule has 1 atom stereocenters. The number of rotatable bonds is 21. The Labute approximate surface area is 179 Å². The summed E-state index contributed by atoms with van der Waals surface area (Å²) >= 11 is 0. The Kier molecular flexibility index (Phi) is 20.4. The summed E-state index contributed by atoms with van der Waals surface area (Å²) in [7, 11) is -0.425. The summed E-state index contributed by atoms with van der Waals surface area (Å²) < 4.78 is 11.7. The summed E-state index contributed by atoms with van der Waals surface area (Å²) in [4.78, 5) is 0. The quantitative estimate of drug-likeness (QED) is 0.142. The molecule has 0 aromatic heterocycles. The van der Waals surface area contributed by atoms with E-state index in [9.17, 15) is 0 Å². The van der Waals surface area contributed by atoms with Crippen molar-refractivity contribution in [2.45, 2.75) is 147 Å². The fourth-order valence-corrected chi connectivity index (χ4v) is 5.61. The summed E-state index contributed by atoms with van der Waals surface area (Å²) in [6.45, 7) is 4.26. The van der Waals surface area contributed by atoms with Crippen LogP contribution in [-0.2, 0) is 9.16 Å². The van der Waals surface area contributed by atoms with Gasteiger partial charge in [-0.15, -0.1) is 0 Å². The monoisotopic (exact) mass is 412 g/mol. The maximum Gasteiger partial charge on any atom is 0.190 e. The van der Waals surface area contributed by atoms with E-state index in [1.54, 1.807) is 0 Å². The van der Waals surface area contributed by atoms with Gasteiger partial charge in [-0.1, -0.05) is 116 Å². The van der Waals surface area contributed by atoms with E-state index in [1.807, 2.05) is 0 Å². The molecule has 0 spiro atoms. The molecule has 0 amide bonds. The largest absolute Gasteiger partial charge is 0.421 e. The van der Waals surface area contributed by atoms with E-state index in [-0.39, 0.29) is 0 Å². The number of hydrogen-bond donors (Lipinski definition) is 0. The predicted molar refractivity (Wildman–Crippen MR) is 127 cm³/mol. The minimum absolute atomic E-state index is 0.425. The second-order valence-corrected chi connectivity index (χ2v) is 10.7. The van der Waals surface area contributed by atoms with Crippen molar-refractivity contribution in [1.29, 1.82) is 0 Å². The molecule has 0 bridgehead atoms. The SMILES string of the molecule is CCCCCCCCCCCCCCCCCCCCO[SiH2]C1CCCCO1. The first-order chi connectivity index (χ1) is 13.9. The van der Waals surface area contributed by atoms with Crippen LogP contribution in [0, 0.1) is 0 Å². The molecule has 2 nitrogen and oxygen atoms in total. The smallest absolute Gasteiger partial charge is 0.190 e. The van der Waals surface area contributed by atoms with Gasteiger partial charge in [0.15, 0.2) is 9.76 Å². The summed E-state index contributed by atoms with van der Waals surface area (Å²) in [5.41, 5.74) is 0.518. The zero-order valence-electron chi connectivity index (χ0n) is 19.4. The van der Waals surface area contributed by atoms with Crippen LogP contribution in [0.15, 0.2) is 0 Å². The molecule has 168 valence electrons. The van der Waals surface area contributed by atoms with Gasteiger partial charge < -0.3 is 9.16 Å². The minimum Gasteiger partial charge on any atom is -0.421 e. The Morgan fingerprint density at radius 3 is 1.54 bits per heavy atom. The molecule has 1 unspecified atom stereocenters. The molecule has 0 aromatic rings. The fraction of sp³-hybridized carbons (Fsp3) is 1.00. The zero-order chi connectivity index (χ0) is 20.0. The van der Waals surface area contributed by atoms with E-state index in [4.69, 9.17) is 9.16 Å². The standard InChI is InChI=1S/C25H52O2Si/c1-2-3-4-5-6-7-8-9-10-11-12-13-14-15-16-17-18-20-24-27-28-25-22-19-21-23-26-25/h25H,2-24,28H2,1H3. The van der Waals surface area contributed by atoms with Gasteiger partial charge in [0.05, 0.1) is 5.73 Å². The van der Waals surface area contributed by atoms with Crippen molar-refractivity contribution in [2.75, 3.05) is 13.2 Å². The van der Waals surface area contributed by atoms with Crippen LogP contribution in [-0.4, -0.2) is 28.7 Å². The Morgan fingerprint density at radius 2 is 1.11 bits per heavy atom. The zero-order valence-corrected chi connectivity index (χ0v) is 20.8. The average molecular weight is 413 g/mol. The van der Waals surface area contributed by atoms with Crippen molar-refractivity contribution in [1.82, 2.24) is 0 Å². The van der Waals surface area contributed by atoms with Crippen LogP contribution in [0.25, 0.3) is 0 Å². The van der Waals surface area contributed by atoms with Gasteiger partial charge in [-0.05, 0) is 25.7 Å². The molecule has 1 heterocycles. The molecule has 1 rings (SSSR count). The van der Waals surface area contributed by atoms with Crippen molar-refractivity contribution in [2.24, 2.45) is 0 Å². The van der Waals surface area contributed by atoms with Crippen LogP contribution in [0.3, 0.4) is 0 Å². The molecule has 1 aliphatic heterocycles. The first-order valence-electron chi connectivity index (χ1n) is 13.1. The first kappa shape index (κ1) is 26.2. The van der Waals surface area contributed by atoms with E-state index in [1.165, 1.54) is 135 Å². The fourth-order valence-electron chi connectivity index (χ4n) is 4.26. The van der Waals surface area contributed by atoms with Crippen molar-refractivity contribution in [3.63, 3.8) is 0 Å². The lowest BCUT2D eigenvalue weighted by molar-refractivity contribution is 0.0549. The lowest BCUT2D eigenvalue weighted by Gasteiger charge is -2.21. The van der Waals surface area contributed by atoms with Gasteiger partial charge in [0.25, 0.3) is 0 Å². The predicted octanol–water partition coefficient (Wildman–Crippen LogP) is 7.66. The number of hydrogen-bond acceptors (Lipinski definition) is 2. The number of ether oxygens (including phenoxy) is 1. The van der Waals surface area contributed by atoms with E-state index >= 15 is 0 Å². The lowest BCUT2D eigenvalue weighted by atomic mass is 10.0. The third kappa shape index (κ3) is 18.2. The highest BCUT2D eigenvalue weighted by atomic mass is 28.2. The van der Waals surface area contributed by atoms with Gasteiger partial charge in [0.1, 0.15) is 0 Å². The summed E-state index contributed by atoms with van der Waals surface area (Å²) in [5, 5.41) is 0. The average Bonchev–Trinajstić information content (AvgIpc) is 2.73. The summed E-state index contributed by atoms with van der Waals surface area (Å²) in [6.07, 6.45) is 29.8. The molecule has 0 N–H and O–H groups in total. The Hall–Kier alpha value is 0.137. The summed E-state index contributed by atoms with van der Waals surface area (Å²) in [6, 6.07) is 0. The first-order valence-corrected chi connectivity index (χ1v) is 14.5. The van der Waals surface area contributed by atoms with Crippen LogP contribution >= 0.6 is 0 Å². The second kappa shape index (κ2) is 21.8. The van der Waals surface area contributed by atoms with Crippen molar-refractivity contribution >= 4 is 9.76 Å². The molecule has 0 saturated carbocycles. The molecule has 1 aliphatic rings. The van der Waals surface area contributed by atoms with Gasteiger partial charge in [-0.3, -0.25) is 0 Å². The Balaban J connectivity index is 1.64. The maximum atomic E-state index is 5.92. The van der Waals surface area contributed by atoms with Gasteiger partial charge in [0.2, 0.25) is 0 Å². The van der Waals surface area contributed by atoms with E-state index < -0.39 is 9.76 Å². The molecule has 28 heavy (non-hydrogen) atoms. The van der Waals surface area contributed by atoms with Crippen molar-refractivity contribution < 1.29 is 9.16 Å². The van der Waals surface area contributed by atoms with E-state index in [0.29, 0.717) is 5.73 Å². The highest BCUT2D eigenvalue weighted by molar-refractivity contribution is 6.29. The van der Waals surface area contributed by atoms with Crippen LogP contribution < -0.4 is 0 Å². The van der Waals surface area contributed by atoms with Crippen molar-refractivity contribution in [3.05, 3.63) is 0 Å². The maximum absolute atomic E-state index is 5.92. The normalized spacial score (nSPS) is 17.7. The van der Waals surface area contributed by atoms with Gasteiger partial charge in [0, 0.05) is 13.2 Å². The highest BCUT2D eigenvalue weighted by Crippen LogP contribution is 2.15. The molecular formula is C25H52O2Si. The van der Waals surface area contributed by atoms with Crippen LogP contribution in [0.5, 0.6) is 0 Å². The Morgan fingerprint density at radius 1 is 0.643 bits per heavy atom. The minimum atomic E-state index is -0.425. The molecule has 1 saturated heterocycles. The third-order valence-electron chi connectivity index (χ3n) is 6.22. The molecule has 0 aliphatic carbocycles. The second-order valence-electron chi connectivity index (χ2n) is 9.07. The third-order valence-corrected chi connectivity index (χ3v) is 7.76. The van der Waals surface area contributed by atoms with E-state index in [0.717, 1.165) is 13.2 Å². The van der Waals surface area contributed by atoms with Crippen LogP contribution in [0.1, 0.15) is 142 Å². The molecule has 0 aromatic carbocycles. The molecule has 1 fully saturated rings. The highest BCUT2D eigenvalue weighted by Gasteiger charge is 2.14. The summed E-state index contributed by atoms with van der Waals surface area (Å²) in [5.74, 6) is 0. The van der Waals surface area contributed by atoms with Gasteiger partial charge in [-0.2, -0.15) is 0 Å². The van der Waals surface area contributed by atoms with Gasteiger partial charge in [-0.25, -0.2) is 0 Å². The van der Waals surface area contributed by atoms with E-state index in [2.05, 4.69) is 6.92 Å². The molecule has 0 radical (unpaired) electrons. The Bertz CT molecular complexity index is 292. The molecule has 3 heteroatoms. The van der Waals surface area contributed by atoms with Crippen LogP contribution in [0.4, 0.5) is 0 Å². The topological polar surface area (TPSA) is 18.5 Å². The molecular weight excluding hydrogens is 360 g/mol. The number of unbranched alkanes of at least 4 members (excludes halogenated alkanes) is 17. The van der Waals surface area contributed by atoms with Gasteiger partial charge >= 0.3 is 0 Å². The lowest BCUT2D eigenvalue weighted by Crippen LogP contribution is -2.27. The van der Waals surface area contributed by atoms with Crippen LogP contribution in [0.2, 0.25) is 0 Å². The van der Waals surface area contributed by atoms with Crippen molar-refractivity contribution in [3.8, 4) is 0 Å².